The van der Waals surface area contributed by atoms with Crippen LogP contribution in [0, 0.1) is 0 Å². The number of nitrogens with zero attached hydrogens (tertiary/aromatic N) is 1. The summed E-state index contributed by atoms with van der Waals surface area (Å²) in [5.41, 5.74) is 0. The number of ether oxygens (including phenoxy) is 3. The number of methoxy groups -OCH3 is 2. The van der Waals surface area contributed by atoms with E-state index in [4.69, 9.17) is 19.3 Å². The number of hydrogen-bond acceptors (Lipinski definition) is 6. The quantitative estimate of drug-likeness (QED) is 0.721. The van der Waals surface area contributed by atoms with Crippen molar-refractivity contribution in [3.63, 3.8) is 0 Å². The fourth-order valence-electron chi connectivity index (χ4n) is 2.05. The summed E-state index contributed by atoms with van der Waals surface area (Å²) >= 11 is 0. The van der Waals surface area contributed by atoms with E-state index in [2.05, 4.69) is 10.3 Å². The Balaban J connectivity index is 2.19. The minimum atomic E-state index is 0.0313. The van der Waals surface area contributed by atoms with E-state index in [1.807, 2.05) is 18.2 Å². The summed E-state index contributed by atoms with van der Waals surface area (Å²) in [6.07, 6.45) is 1.74. The molecule has 0 atom stereocenters. The standard InChI is InChI=1S/C15H20N2O4/c1-19-13-9-11-3-4-16-15(12(11)10-14(13)20-2)17-5-7-21-8-6-18/h3-4,9-10,18H,5-8H2,1-2H3,(H,16,17). The molecule has 0 unspecified atom stereocenters. The SMILES string of the molecule is COc1cc2ccnc(NCCOCCO)c2cc1OC. The van der Waals surface area contributed by atoms with E-state index >= 15 is 0 Å². The lowest BCUT2D eigenvalue weighted by Gasteiger charge is -2.12. The van der Waals surface area contributed by atoms with Gasteiger partial charge in [-0.3, -0.25) is 0 Å². The average molecular weight is 292 g/mol. The number of aromatic nitrogens is 1. The van der Waals surface area contributed by atoms with Crippen LogP contribution in [-0.2, 0) is 4.74 Å². The highest BCUT2D eigenvalue weighted by molar-refractivity contribution is 5.94. The third-order valence-corrected chi connectivity index (χ3v) is 3.04. The number of rotatable bonds is 8. The fraction of sp³-hybridized carbons (Fsp3) is 0.400. The molecule has 0 fully saturated rings. The van der Waals surface area contributed by atoms with Crippen molar-refractivity contribution in [2.75, 3.05) is 45.9 Å². The van der Waals surface area contributed by atoms with E-state index in [1.54, 1.807) is 20.4 Å². The molecule has 2 rings (SSSR count). The van der Waals surface area contributed by atoms with E-state index < -0.39 is 0 Å². The van der Waals surface area contributed by atoms with Crippen molar-refractivity contribution >= 4 is 16.6 Å². The number of hydrogen-bond donors (Lipinski definition) is 2. The normalized spacial score (nSPS) is 10.6. The van der Waals surface area contributed by atoms with Crippen LogP contribution in [0.15, 0.2) is 24.4 Å². The van der Waals surface area contributed by atoms with Crippen LogP contribution in [0.4, 0.5) is 5.82 Å². The molecule has 0 radical (unpaired) electrons. The topological polar surface area (TPSA) is 72.8 Å². The molecular formula is C15H20N2O4. The van der Waals surface area contributed by atoms with Gasteiger partial charge in [-0.25, -0.2) is 4.98 Å². The number of aliphatic hydroxyl groups excluding tert-OH is 1. The van der Waals surface area contributed by atoms with Crippen LogP contribution in [0.3, 0.4) is 0 Å². The predicted octanol–water partition coefficient (Wildman–Crippen LogP) is 1.67. The van der Waals surface area contributed by atoms with Gasteiger partial charge < -0.3 is 24.6 Å². The van der Waals surface area contributed by atoms with Gasteiger partial charge in [0.2, 0.25) is 0 Å². The maximum Gasteiger partial charge on any atom is 0.161 e. The molecule has 0 amide bonds. The second-order valence-electron chi connectivity index (χ2n) is 4.35. The van der Waals surface area contributed by atoms with Gasteiger partial charge in [-0.2, -0.15) is 0 Å². The first-order chi connectivity index (χ1) is 10.3. The van der Waals surface area contributed by atoms with Gasteiger partial charge in [-0.15, -0.1) is 0 Å². The van der Waals surface area contributed by atoms with Crippen LogP contribution in [0.5, 0.6) is 11.5 Å². The van der Waals surface area contributed by atoms with E-state index in [9.17, 15) is 0 Å². The molecule has 1 heterocycles. The molecule has 0 saturated carbocycles. The van der Waals surface area contributed by atoms with E-state index in [0.29, 0.717) is 31.3 Å². The maximum atomic E-state index is 8.65. The zero-order valence-electron chi connectivity index (χ0n) is 12.3. The number of anilines is 1. The lowest BCUT2D eigenvalue weighted by atomic mass is 10.1. The molecule has 6 nitrogen and oxygen atoms in total. The third-order valence-electron chi connectivity index (χ3n) is 3.04. The zero-order valence-corrected chi connectivity index (χ0v) is 12.3. The molecule has 0 saturated heterocycles. The first kappa shape index (κ1) is 15.3. The highest BCUT2D eigenvalue weighted by Crippen LogP contribution is 2.34. The Morgan fingerprint density at radius 1 is 1.14 bits per heavy atom. The molecule has 0 aliphatic heterocycles. The molecule has 1 aromatic carbocycles. The summed E-state index contributed by atoms with van der Waals surface area (Å²) in [5.74, 6) is 2.12. The molecule has 21 heavy (non-hydrogen) atoms. The minimum absolute atomic E-state index is 0.0313. The van der Waals surface area contributed by atoms with E-state index in [1.165, 1.54) is 0 Å². The van der Waals surface area contributed by atoms with E-state index in [0.717, 1.165) is 16.6 Å². The van der Waals surface area contributed by atoms with Gasteiger partial charge in [0.15, 0.2) is 11.5 Å². The highest BCUT2D eigenvalue weighted by atomic mass is 16.5. The lowest BCUT2D eigenvalue weighted by molar-refractivity contribution is 0.0992. The van der Waals surface area contributed by atoms with Gasteiger partial charge in [0, 0.05) is 18.1 Å². The Hall–Kier alpha value is -2.05. The molecule has 1 aromatic heterocycles. The second kappa shape index (κ2) is 7.66. The summed E-state index contributed by atoms with van der Waals surface area (Å²) in [7, 11) is 3.22. The van der Waals surface area contributed by atoms with Crippen molar-refractivity contribution in [2.45, 2.75) is 0 Å². The second-order valence-corrected chi connectivity index (χ2v) is 4.35. The summed E-state index contributed by atoms with van der Waals surface area (Å²) < 4.78 is 15.8. The molecule has 114 valence electrons. The summed E-state index contributed by atoms with van der Waals surface area (Å²) in [6.45, 7) is 1.49. The van der Waals surface area contributed by atoms with Gasteiger partial charge in [0.05, 0.1) is 34.0 Å². The molecule has 0 bridgehead atoms. The Morgan fingerprint density at radius 3 is 2.62 bits per heavy atom. The number of pyridine rings is 1. The number of nitrogens with one attached hydrogen (secondary N) is 1. The first-order valence-corrected chi connectivity index (χ1v) is 6.73. The van der Waals surface area contributed by atoms with Crippen molar-refractivity contribution < 1.29 is 19.3 Å². The Morgan fingerprint density at radius 2 is 1.90 bits per heavy atom. The summed E-state index contributed by atoms with van der Waals surface area (Å²) in [4.78, 5) is 4.34. The summed E-state index contributed by atoms with van der Waals surface area (Å²) in [6, 6.07) is 5.74. The molecule has 2 aromatic rings. The number of fused-ring (bicyclic) bond motifs is 1. The molecule has 0 aliphatic carbocycles. The predicted molar refractivity (Wildman–Crippen MR) is 81.2 cm³/mol. The van der Waals surface area contributed by atoms with Crippen molar-refractivity contribution in [1.29, 1.82) is 0 Å². The molecule has 2 N–H and O–H groups in total. The molecule has 0 aliphatic rings. The van der Waals surface area contributed by atoms with Crippen LogP contribution < -0.4 is 14.8 Å². The minimum Gasteiger partial charge on any atom is -0.493 e. The van der Waals surface area contributed by atoms with Gasteiger partial charge >= 0.3 is 0 Å². The van der Waals surface area contributed by atoms with E-state index in [-0.39, 0.29) is 6.61 Å². The molecule has 6 heteroatoms. The first-order valence-electron chi connectivity index (χ1n) is 6.73. The van der Waals surface area contributed by atoms with Crippen molar-refractivity contribution in [1.82, 2.24) is 4.98 Å². The van der Waals surface area contributed by atoms with Gasteiger partial charge in [-0.05, 0) is 23.6 Å². The summed E-state index contributed by atoms with van der Waals surface area (Å²) in [5, 5.41) is 13.8. The smallest absolute Gasteiger partial charge is 0.161 e. The van der Waals surface area contributed by atoms with Crippen molar-refractivity contribution in [3.05, 3.63) is 24.4 Å². The van der Waals surface area contributed by atoms with Crippen molar-refractivity contribution in [3.8, 4) is 11.5 Å². The molecule has 0 spiro atoms. The third kappa shape index (κ3) is 3.74. The molecular weight excluding hydrogens is 272 g/mol. The van der Waals surface area contributed by atoms with Crippen LogP contribution in [0.2, 0.25) is 0 Å². The fourth-order valence-corrected chi connectivity index (χ4v) is 2.05. The van der Waals surface area contributed by atoms with Crippen LogP contribution >= 0.6 is 0 Å². The Bertz CT molecular complexity index is 589. The Kier molecular flexibility index (Phi) is 5.59. The van der Waals surface area contributed by atoms with Gasteiger partial charge in [0.1, 0.15) is 5.82 Å². The van der Waals surface area contributed by atoms with Gasteiger partial charge in [0.25, 0.3) is 0 Å². The van der Waals surface area contributed by atoms with Crippen LogP contribution in [0.25, 0.3) is 10.8 Å². The Labute approximate surface area is 123 Å². The largest absolute Gasteiger partial charge is 0.493 e. The highest BCUT2D eigenvalue weighted by Gasteiger charge is 2.09. The van der Waals surface area contributed by atoms with Crippen LogP contribution in [-0.4, -0.2) is 50.7 Å². The van der Waals surface area contributed by atoms with Gasteiger partial charge in [-0.1, -0.05) is 0 Å². The number of benzene rings is 1. The maximum absolute atomic E-state index is 8.65. The van der Waals surface area contributed by atoms with Crippen LogP contribution in [0.1, 0.15) is 0 Å². The average Bonchev–Trinajstić information content (AvgIpc) is 2.53. The number of aliphatic hydroxyl groups is 1. The van der Waals surface area contributed by atoms with Crippen molar-refractivity contribution in [2.24, 2.45) is 0 Å². The lowest BCUT2D eigenvalue weighted by Crippen LogP contribution is -2.12. The zero-order chi connectivity index (χ0) is 15.1. The monoisotopic (exact) mass is 292 g/mol.